The summed E-state index contributed by atoms with van der Waals surface area (Å²) in [6, 6.07) is 2.81. The molecule has 16 heavy (non-hydrogen) atoms. The van der Waals surface area contributed by atoms with Gasteiger partial charge >= 0.3 is 0 Å². The lowest BCUT2D eigenvalue weighted by Crippen LogP contribution is -2.38. The van der Waals surface area contributed by atoms with Gasteiger partial charge in [-0.25, -0.2) is 4.39 Å². The molecule has 0 aliphatic carbocycles. The van der Waals surface area contributed by atoms with Crippen molar-refractivity contribution >= 4 is 17.5 Å². The van der Waals surface area contributed by atoms with Crippen molar-refractivity contribution in [1.29, 1.82) is 0 Å². The summed E-state index contributed by atoms with van der Waals surface area (Å²) < 4.78 is 13.2. The standard InChI is InChI=1S/C11H14ClFN2O/c1-11(2,7-12)10(16)15-6-9-8(13)4-3-5-14-9/h3-5H,6-7H2,1-2H3,(H,15,16). The first-order valence-corrected chi connectivity index (χ1v) is 5.44. The Kier molecular flexibility index (Phi) is 4.24. The van der Waals surface area contributed by atoms with Gasteiger partial charge in [0.2, 0.25) is 5.91 Å². The molecule has 1 amide bonds. The van der Waals surface area contributed by atoms with Gasteiger partial charge in [0.25, 0.3) is 0 Å². The number of nitrogens with one attached hydrogen (secondary N) is 1. The maximum absolute atomic E-state index is 13.2. The highest BCUT2D eigenvalue weighted by Crippen LogP contribution is 2.17. The summed E-state index contributed by atoms with van der Waals surface area (Å²) in [5.74, 6) is -0.428. The van der Waals surface area contributed by atoms with Gasteiger partial charge in [0, 0.05) is 12.1 Å². The van der Waals surface area contributed by atoms with Crippen LogP contribution in [-0.4, -0.2) is 16.8 Å². The molecule has 0 spiro atoms. The van der Waals surface area contributed by atoms with Gasteiger partial charge in [-0.2, -0.15) is 0 Å². The van der Waals surface area contributed by atoms with E-state index in [2.05, 4.69) is 10.3 Å². The van der Waals surface area contributed by atoms with Crippen LogP contribution in [0.4, 0.5) is 4.39 Å². The van der Waals surface area contributed by atoms with Crippen LogP contribution in [0.15, 0.2) is 18.3 Å². The molecule has 1 N–H and O–H groups in total. The number of hydrogen-bond acceptors (Lipinski definition) is 2. The van der Waals surface area contributed by atoms with E-state index in [1.807, 2.05) is 0 Å². The van der Waals surface area contributed by atoms with Gasteiger partial charge in [-0.05, 0) is 26.0 Å². The highest BCUT2D eigenvalue weighted by Gasteiger charge is 2.26. The van der Waals surface area contributed by atoms with Crippen molar-refractivity contribution in [3.63, 3.8) is 0 Å². The minimum atomic E-state index is -0.660. The summed E-state index contributed by atoms with van der Waals surface area (Å²) in [7, 11) is 0. The Morgan fingerprint density at radius 2 is 2.31 bits per heavy atom. The molecule has 3 nitrogen and oxygen atoms in total. The van der Waals surface area contributed by atoms with Gasteiger partial charge in [-0.3, -0.25) is 9.78 Å². The fourth-order valence-corrected chi connectivity index (χ4v) is 1.13. The number of halogens is 2. The third-order valence-corrected chi connectivity index (χ3v) is 2.87. The van der Waals surface area contributed by atoms with Crippen LogP contribution in [0.3, 0.4) is 0 Å². The van der Waals surface area contributed by atoms with E-state index in [9.17, 15) is 9.18 Å². The lowest BCUT2D eigenvalue weighted by atomic mass is 9.95. The van der Waals surface area contributed by atoms with Crippen LogP contribution >= 0.6 is 11.6 Å². The molecular formula is C11H14ClFN2O. The van der Waals surface area contributed by atoms with Gasteiger partial charge in [0.05, 0.1) is 17.7 Å². The second-order valence-electron chi connectivity index (χ2n) is 4.13. The molecule has 88 valence electrons. The van der Waals surface area contributed by atoms with E-state index in [-0.39, 0.29) is 24.0 Å². The van der Waals surface area contributed by atoms with Crippen LogP contribution < -0.4 is 5.32 Å². The molecule has 0 radical (unpaired) electrons. The molecule has 0 aliphatic rings. The maximum Gasteiger partial charge on any atom is 0.227 e. The second-order valence-corrected chi connectivity index (χ2v) is 4.40. The summed E-state index contributed by atoms with van der Waals surface area (Å²) in [5, 5.41) is 2.61. The normalized spacial score (nSPS) is 11.2. The first kappa shape index (κ1) is 12.9. The Bertz CT molecular complexity index is 382. The van der Waals surface area contributed by atoms with Crippen molar-refractivity contribution in [2.45, 2.75) is 20.4 Å². The van der Waals surface area contributed by atoms with E-state index in [0.29, 0.717) is 0 Å². The third kappa shape index (κ3) is 3.17. The number of nitrogens with zero attached hydrogens (tertiary/aromatic N) is 1. The van der Waals surface area contributed by atoms with Crippen molar-refractivity contribution in [1.82, 2.24) is 10.3 Å². The highest BCUT2D eigenvalue weighted by atomic mass is 35.5. The van der Waals surface area contributed by atoms with Crippen LogP contribution in [0.25, 0.3) is 0 Å². The van der Waals surface area contributed by atoms with E-state index in [4.69, 9.17) is 11.6 Å². The molecule has 1 rings (SSSR count). The van der Waals surface area contributed by atoms with Crippen molar-refractivity contribution in [2.75, 3.05) is 5.88 Å². The lowest BCUT2D eigenvalue weighted by Gasteiger charge is -2.20. The highest BCUT2D eigenvalue weighted by molar-refractivity contribution is 6.19. The van der Waals surface area contributed by atoms with Crippen LogP contribution in [0.1, 0.15) is 19.5 Å². The summed E-state index contributed by atoms with van der Waals surface area (Å²) in [6.07, 6.45) is 1.48. The summed E-state index contributed by atoms with van der Waals surface area (Å²) in [4.78, 5) is 15.5. The Morgan fingerprint density at radius 3 is 2.88 bits per heavy atom. The van der Waals surface area contributed by atoms with Crippen molar-refractivity contribution in [2.24, 2.45) is 5.41 Å². The number of pyridine rings is 1. The summed E-state index contributed by atoms with van der Waals surface area (Å²) in [5.41, 5.74) is -0.437. The lowest BCUT2D eigenvalue weighted by molar-refractivity contribution is -0.128. The number of carbonyl (C=O) groups excluding carboxylic acids is 1. The average Bonchev–Trinajstić information content (AvgIpc) is 2.27. The molecule has 1 aromatic rings. The molecule has 1 heterocycles. The predicted molar refractivity (Wildman–Crippen MR) is 60.5 cm³/mol. The van der Waals surface area contributed by atoms with E-state index < -0.39 is 11.2 Å². The SMILES string of the molecule is CC(C)(CCl)C(=O)NCc1ncccc1F. The van der Waals surface area contributed by atoms with Gasteiger partial charge in [-0.1, -0.05) is 0 Å². The molecular weight excluding hydrogens is 231 g/mol. The zero-order chi connectivity index (χ0) is 12.2. The molecule has 0 fully saturated rings. The van der Waals surface area contributed by atoms with Crippen molar-refractivity contribution in [3.8, 4) is 0 Å². The van der Waals surface area contributed by atoms with E-state index in [1.165, 1.54) is 18.3 Å². The Labute approximate surface area is 99.0 Å². The molecule has 0 saturated heterocycles. The maximum atomic E-state index is 13.2. The molecule has 0 aliphatic heterocycles. The summed E-state index contributed by atoms with van der Waals surface area (Å²) in [6.45, 7) is 3.53. The van der Waals surface area contributed by atoms with E-state index >= 15 is 0 Å². The Balaban J connectivity index is 2.59. The van der Waals surface area contributed by atoms with Crippen LogP contribution in [0, 0.1) is 11.2 Å². The second kappa shape index (κ2) is 5.25. The average molecular weight is 245 g/mol. The smallest absolute Gasteiger partial charge is 0.227 e. The molecule has 1 aromatic heterocycles. The van der Waals surface area contributed by atoms with Gasteiger partial charge in [0.1, 0.15) is 5.82 Å². The summed E-state index contributed by atoms with van der Waals surface area (Å²) >= 11 is 5.65. The Morgan fingerprint density at radius 1 is 1.62 bits per heavy atom. The number of hydrogen-bond donors (Lipinski definition) is 1. The minimum absolute atomic E-state index is 0.0752. The Hall–Kier alpha value is -1.16. The third-order valence-electron chi connectivity index (χ3n) is 2.20. The number of amides is 1. The number of rotatable bonds is 4. The molecule has 5 heteroatoms. The molecule has 0 saturated carbocycles. The molecule has 0 aromatic carbocycles. The topological polar surface area (TPSA) is 42.0 Å². The van der Waals surface area contributed by atoms with Gasteiger partial charge in [-0.15, -0.1) is 11.6 Å². The monoisotopic (exact) mass is 244 g/mol. The van der Waals surface area contributed by atoms with Crippen LogP contribution in [0.2, 0.25) is 0 Å². The quantitative estimate of drug-likeness (QED) is 0.825. The number of aromatic nitrogens is 1. The van der Waals surface area contributed by atoms with Crippen LogP contribution in [-0.2, 0) is 11.3 Å². The zero-order valence-corrected chi connectivity index (χ0v) is 10.0. The first-order valence-electron chi connectivity index (χ1n) is 4.91. The molecule has 0 unspecified atom stereocenters. The van der Waals surface area contributed by atoms with E-state index in [0.717, 1.165) is 0 Å². The molecule has 0 atom stereocenters. The predicted octanol–water partition coefficient (Wildman–Crippen LogP) is 2.10. The first-order chi connectivity index (χ1) is 7.47. The number of carbonyl (C=O) groups is 1. The fraction of sp³-hybridized carbons (Fsp3) is 0.455. The van der Waals surface area contributed by atoms with Gasteiger partial charge < -0.3 is 5.32 Å². The van der Waals surface area contributed by atoms with Crippen molar-refractivity contribution < 1.29 is 9.18 Å². The van der Waals surface area contributed by atoms with E-state index in [1.54, 1.807) is 13.8 Å². The van der Waals surface area contributed by atoms with Gasteiger partial charge in [0.15, 0.2) is 0 Å². The van der Waals surface area contributed by atoms with Crippen molar-refractivity contribution in [3.05, 3.63) is 29.8 Å². The zero-order valence-electron chi connectivity index (χ0n) is 9.26. The molecule has 0 bridgehead atoms. The minimum Gasteiger partial charge on any atom is -0.350 e. The number of alkyl halides is 1. The van der Waals surface area contributed by atoms with Crippen LogP contribution in [0.5, 0.6) is 0 Å². The fourth-order valence-electron chi connectivity index (χ4n) is 1.01. The largest absolute Gasteiger partial charge is 0.350 e.